The van der Waals surface area contributed by atoms with Gasteiger partial charge in [0, 0.05) is 28.0 Å². The molecule has 0 spiro atoms. The highest BCUT2D eigenvalue weighted by molar-refractivity contribution is 7.99. The first-order valence-corrected chi connectivity index (χ1v) is 9.47. The van der Waals surface area contributed by atoms with E-state index in [2.05, 4.69) is 0 Å². The molecule has 0 saturated carbocycles. The first kappa shape index (κ1) is 16.4. The lowest BCUT2D eigenvalue weighted by Crippen LogP contribution is -2.09. The molecule has 2 aromatic rings. The summed E-state index contributed by atoms with van der Waals surface area (Å²) in [6.07, 6.45) is 1.20. The molecule has 21 heavy (non-hydrogen) atoms. The molecule has 0 heterocycles. The first-order valence-electron chi connectivity index (χ1n) is 6.32. The molecule has 2 N–H and O–H groups in total. The fourth-order valence-electron chi connectivity index (χ4n) is 1.86. The largest absolute Gasteiger partial charge is 0.329 e. The van der Waals surface area contributed by atoms with Crippen molar-refractivity contribution in [2.75, 3.05) is 12.8 Å². The van der Waals surface area contributed by atoms with Gasteiger partial charge in [-0.05, 0) is 42.0 Å². The molecule has 112 valence electrons. The van der Waals surface area contributed by atoms with Gasteiger partial charge in [0.2, 0.25) is 0 Å². The molecular weight excluding hydrogens is 326 g/mol. The van der Waals surface area contributed by atoms with Crippen LogP contribution in [0.2, 0.25) is 5.02 Å². The Hall–Kier alpha value is -1.01. The zero-order valence-corrected chi connectivity index (χ0v) is 13.9. The topological polar surface area (TPSA) is 60.2 Å². The summed E-state index contributed by atoms with van der Waals surface area (Å²) < 4.78 is 22.9. The molecule has 3 nitrogen and oxygen atoms in total. The van der Waals surface area contributed by atoms with Gasteiger partial charge in [0.25, 0.3) is 0 Å². The smallest absolute Gasteiger partial charge is 0.175 e. The third kappa shape index (κ3) is 4.48. The maximum Gasteiger partial charge on any atom is 0.175 e. The summed E-state index contributed by atoms with van der Waals surface area (Å²) in [6, 6.07) is 14.4. The molecule has 0 aliphatic carbocycles. The van der Waals surface area contributed by atoms with Crippen molar-refractivity contribution in [3.05, 3.63) is 59.1 Å². The number of benzene rings is 2. The van der Waals surface area contributed by atoms with Crippen LogP contribution in [0.3, 0.4) is 0 Å². The van der Waals surface area contributed by atoms with Crippen molar-refractivity contribution in [2.24, 2.45) is 5.73 Å². The summed E-state index contributed by atoms with van der Waals surface area (Å²) >= 11 is 7.49. The van der Waals surface area contributed by atoms with Gasteiger partial charge in [0.1, 0.15) is 0 Å². The van der Waals surface area contributed by atoms with Gasteiger partial charge in [0.05, 0.1) is 4.90 Å². The monoisotopic (exact) mass is 341 g/mol. The third-order valence-corrected chi connectivity index (χ3v) is 5.66. The number of sulfone groups is 1. The molecule has 1 unspecified atom stereocenters. The van der Waals surface area contributed by atoms with Crippen molar-refractivity contribution < 1.29 is 8.42 Å². The maximum absolute atomic E-state index is 11.4. The van der Waals surface area contributed by atoms with Crippen LogP contribution in [0.4, 0.5) is 0 Å². The van der Waals surface area contributed by atoms with E-state index in [0.29, 0.717) is 16.5 Å². The molecule has 0 saturated heterocycles. The Balaban J connectivity index is 2.17. The summed E-state index contributed by atoms with van der Waals surface area (Å²) in [5.74, 6) is 0. The summed E-state index contributed by atoms with van der Waals surface area (Å²) in [6.45, 7) is 0.486. The predicted octanol–water partition coefficient (Wildman–Crippen LogP) is 3.54. The Kier molecular flexibility index (Phi) is 5.32. The van der Waals surface area contributed by atoms with Crippen molar-refractivity contribution in [1.29, 1.82) is 0 Å². The lowest BCUT2D eigenvalue weighted by Gasteiger charge is -2.15. The van der Waals surface area contributed by atoms with E-state index in [0.717, 1.165) is 10.5 Å². The highest BCUT2D eigenvalue weighted by Gasteiger charge is 2.12. The number of rotatable bonds is 5. The second-order valence-electron chi connectivity index (χ2n) is 4.64. The van der Waals surface area contributed by atoms with Crippen LogP contribution in [-0.4, -0.2) is 21.2 Å². The third-order valence-electron chi connectivity index (χ3n) is 2.99. The van der Waals surface area contributed by atoms with Gasteiger partial charge in [-0.2, -0.15) is 0 Å². The van der Waals surface area contributed by atoms with Gasteiger partial charge < -0.3 is 5.73 Å². The van der Waals surface area contributed by atoms with Gasteiger partial charge >= 0.3 is 0 Å². The summed E-state index contributed by atoms with van der Waals surface area (Å²) in [5, 5.41) is 0.795. The van der Waals surface area contributed by atoms with Crippen LogP contribution < -0.4 is 5.73 Å². The van der Waals surface area contributed by atoms with E-state index in [9.17, 15) is 8.42 Å². The van der Waals surface area contributed by atoms with Gasteiger partial charge in [-0.25, -0.2) is 8.42 Å². The molecule has 0 radical (unpaired) electrons. The van der Waals surface area contributed by atoms with E-state index >= 15 is 0 Å². The van der Waals surface area contributed by atoms with E-state index in [1.54, 1.807) is 36.0 Å². The van der Waals surface area contributed by atoms with Crippen molar-refractivity contribution in [2.45, 2.75) is 15.0 Å². The fourth-order valence-corrected chi connectivity index (χ4v) is 3.63. The molecule has 2 aromatic carbocycles. The van der Waals surface area contributed by atoms with E-state index < -0.39 is 9.84 Å². The molecule has 0 aliphatic heterocycles. The highest BCUT2D eigenvalue weighted by Crippen LogP contribution is 2.35. The van der Waals surface area contributed by atoms with Gasteiger partial charge in [-0.15, -0.1) is 11.8 Å². The van der Waals surface area contributed by atoms with Gasteiger partial charge in [0.15, 0.2) is 9.84 Å². The lowest BCUT2D eigenvalue weighted by molar-refractivity contribution is 0.602. The summed E-state index contributed by atoms with van der Waals surface area (Å²) in [5.41, 5.74) is 6.94. The number of hydrogen-bond donors (Lipinski definition) is 1. The highest BCUT2D eigenvalue weighted by atomic mass is 35.5. The molecule has 0 aliphatic rings. The molecule has 0 bridgehead atoms. The van der Waals surface area contributed by atoms with E-state index in [4.69, 9.17) is 17.3 Å². The normalized spacial score (nSPS) is 13.1. The molecule has 6 heteroatoms. The van der Waals surface area contributed by atoms with Crippen LogP contribution in [0.5, 0.6) is 0 Å². The van der Waals surface area contributed by atoms with Crippen LogP contribution in [0.1, 0.15) is 10.8 Å². The summed E-state index contributed by atoms with van der Waals surface area (Å²) in [7, 11) is -3.16. The number of nitrogens with two attached hydrogens (primary N) is 1. The SMILES string of the molecule is CS(=O)(=O)c1ccc(SC(CN)c2ccc(Cl)cc2)cc1. The van der Waals surface area contributed by atoms with Crippen molar-refractivity contribution >= 4 is 33.2 Å². The Morgan fingerprint density at radius 1 is 1.10 bits per heavy atom. The molecule has 1 atom stereocenters. The van der Waals surface area contributed by atoms with Crippen molar-refractivity contribution in [3.8, 4) is 0 Å². The van der Waals surface area contributed by atoms with Crippen LogP contribution in [0, 0.1) is 0 Å². The van der Waals surface area contributed by atoms with Crippen molar-refractivity contribution in [3.63, 3.8) is 0 Å². The molecule has 0 amide bonds. The zero-order chi connectivity index (χ0) is 15.5. The molecule has 0 fully saturated rings. The first-order chi connectivity index (χ1) is 9.90. The van der Waals surface area contributed by atoms with Crippen LogP contribution in [0.25, 0.3) is 0 Å². The Morgan fingerprint density at radius 2 is 1.67 bits per heavy atom. The van der Waals surface area contributed by atoms with E-state index in [1.165, 1.54) is 6.26 Å². The average Bonchev–Trinajstić information content (AvgIpc) is 2.45. The van der Waals surface area contributed by atoms with Gasteiger partial charge in [-0.1, -0.05) is 23.7 Å². The second-order valence-corrected chi connectivity index (χ2v) is 8.37. The van der Waals surface area contributed by atoms with Crippen molar-refractivity contribution in [1.82, 2.24) is 0 Å². The Labute approximate surface area is 134 Å². The number of hydrogen-bond acceptors (Lipinski definition) is 4. The van der Waals surface area contributed by atoms with E-state index in [1.807, 2.05) is 24.3 Å². The van der Waals surface area contributed by atoms with E-state index in [-0.39, 0.29) is 5.25 Å². The fraction of sp³-hybridized carbons (Fsp3) is 0.200. The Morgan fingerprint density at radius 3 is 2.14 bits per heavy atom. The average molecular weight is 342 g/mol. The minimum Gasteiger partial charge on any atom is -0.329 e. The predicted molar refractivity (Wildman–Crippen MR) is 88.7 cm³/mol. The molecule has 2 rings (SSSR count). The van der Waals surface area contributed by atoms with Crippen LogP contribution in [-0.2, 0) is 9.84 Å². The van der Waals surface area contributed by atoms with Crippen LogP contribution in [0.15, 0.2) is 58.3 Å². The molecule has 0 aromatic heterocycles. The van der Waals surface area contributed by atoms with Crippen LogP contribution >= 0.6 is 23.4 Å². The summed E-state index contributed by atoms with van der Waals surface area (Å²) in [4.78, 5) is 1.30. The Bertz CT molecular complexity index is 697. The second kappa shape index (κ2) is 6.83. The van der Waals surface area contributed by atoms with Gasteiger partial charge in [-0.3, -0.25) is 0 Å². The maximum atomic E-state index is 11.4. The molecular formula is C15H16ClNO2S2. The number of halogens is 1. The minimum absolute atomic E-state index is 0.103. The minimum atomic E-state index is -3.16. The quantitative estimate of drug-likeness (QED) is 0.845. The number of thioether (sulfide) groups is 1. The standard InChI is InChI=1S/C15H16ClNO2S2/c1-21(18,19)14-8-6-13(7-9-14)20-15(10-17)11-2-4-12(16)5-3-11/h2-9,15H,10,17H2,1H3. The lowest BCUT2D eigenvalue weighted by atomic mass is 10.1. The zero-order valence-electron chi connectivity index (χ0n) is 11.5.